The van der Waals surface area contributed by atoms with E-state index < -0.39 is 0 Å². The van der Waals surface area contributed by atoms with Crippen LogP contribution in [0, 0.1) is 0 Å². The minimum Gasteiger partial charge on any atom is -0.383 e. The Morgan fingerprint density at radius 3 is 2.53 bits per heavy atom. The molecule has 0 aromatic heterocycles. The van der Waals surface area contributed by atoms with Crippen LogP contribution in [0.15, 0.2) is 29.2 Å². The Hall–Kier alpha value is -1.00. The Bertz CT molecular complexity index is 349. The predicted octanol–water partition coefficient (Wildman–Crippen LogP) is 2.56. The van der Waals surface area contributed by atoms with E-state index in [0.29, 0.717) is 24.0 Å². The molecule has 3 nitrogen and oxygen atoms in total. The van der Waals surface area contributed by atoms with Crippen LogP contribution >= 0.6 is 11.8 Å². The van der Waals surface area contributed by atoms with Gasteiger partial charge in [-0.25, -0.2) is 0 Å². The van der Waals surface area contributed by atoms with E-state index in [2.05, 4.69) is 19.2 Å². The van der Waals surface area contributed by atoms with Crippen molar-refractivity contribution >= 4 is 17.7 Å². The molecule has 0 fully saturated rings. The van der Waals surface area contributed by atoms with Gasteiger partial charge in [-0.3, -0.25) is 4.79 Å². The summed E-state index contributed by atoms with van der Waals surface area (Å²) in [5, 5.41) is 3.34. The standard InChI is InChI=1S/C13H19NO2S/c1-10(2)17-12-6-4-11(5-7-12)13(15)14-8-9-16-3/h4-7,10H,8-9H2,1-3H3,(H,14,15). The van der Waals surface area contributed by atoms with Gasteiger partial charge in [0, 0.05) is 29.4 Å². The van der Waals surface area contributed by atoms with Crippen molar-refractivity contribution in [1.29, 1.82) is 0 Å². The molecule has 0 saturated heterocycles. The van der Waals surface area contributed by atoms with Crippen molar-refractivity contribution in [1.82, 2.24) is 5.32 Å². The van der Waals surface area contributed by atoms with Crippen molar-refractivity contribution in [3.8, 4) is 0 Å². The summed E-state index contributed by atoms with van der Waals surface area (Å²) in [6, 6.07) is 7.67. The number of hydrogen-bond donors (Lipinski definition) is 1. The first-order chi connectivity index (χ1) is 8.13. The third-order valence-electron chi connectivity index (χ3n) is 2.08. The average Bonchev–Trinajstić information content (AvgIpc) is 2.29. The molecule has 0 spiro atoms. The molecule has 0 unspecified atom stereocenters. The Morgan fingerprint density at radius 1 is 1.35 bits per heavy atom. The van der Waals surface area contributed by atoms with E-state index in [0.717, 1.165) is 0 Å². The van der Waals surface area contributed by atoms with E-state index in [9.17, 15) is 4.79 Å². The SMILES string of the molecule is COCCNC(=O)c1ccc(SC(C)C)cc1. The molecule has 0 heterocycles. The highest BCUT2D eigenvalue weighted by molar-refractivity contribution is 7.99. The van der Waals surface area contributed by atoms with Crippen LogP contribution < -0.4 is 5.32 Å². The zero-order chi connectivity index (χ0) is 12.7. The van der Waals surface area contributed by atoms with Gasteiger partial charge in [-0.1, -0.05) is 13.8 Å². The maximum absolute atomic E-state index is 11.7. The zero-order valence-electron chi connectivity index (χ0n) is 10.5. The number of carbonyl (C=O) groups excluding carboxylic acids is 1. The van der Waals surface area contributed by atoms with E-state index in [1.165, 1.54) is 4.90 Å². The molecule has 0 aliphatic carbocycles. The number of amides is 1. The predicted molar refractivity (Wildman–Crippen MR) is 71.6 cm³/mol. The molecule has 1 aromatic carbocycles. The fourth-order valence-corrected chi connectivity index (χ4v) is 2.16. The van der Waals surface area contributed by atoms with Crippen LogP contribution in [-0.2, 0) is 4.74 Å². The molecule has 0 saturated carbocycles. The lowest BCUT2D eigenvalue weighted by Gasteiger charge is -2.07. The smallest absolute Gasteiger partial charge is 0.251 e. The molecule has 0 aliphatic heterocycles. The molecule has 17 heavy (non-hydrogen) atoms. The number of rotatable bonds is 6. The van der Waals surface area contributed by atoms with Crippen molar-refractivity contribution in [2.24, 2.45) is 0 Å². The molecule has 0 radical (unpaired) electrons. The second-order valence-corrected chi connectivity index (χ2v) is 5.59. The summed E-state index contributed by atoms with van der Waals surface area (Å²) in [6.07, 6.45) is 0. The van der Waals surface area contributed by atoms with Gasteiger partial charge >= 0.3 is 0 Å². The van der Waals surface area contributed by atoms with Crippen molar-refractivity contribution in [3.05, 3.63) is 29.8 Å². The second-order valence-electron chi connectivity index (χ2n) is 3.94. The lowest BCUT2D eigenvalue weighted by Crippen LogP contribution is -2.26. The van der Waals surface area contributed by atoms with Gasteiger partial charge in [0.1, 0.15) is 0 Å². The largest absolute Gasteiger partial charge is 0.383 e. The lowest BCUT2D eigenvalue weighted by atomic mass is 10.2. The summed E-state index contributed by atoms with van der Waals surface area (Å²) in [5.74, 6) is -0.0526. The van der Waals surface area contributed by atoms with Gasteiger partial charge in [0.25, 0.3) is 5.91 Å². The molecule has 1 amide bonds. The quantitative estimate of drug-likeness (QED) is 0.625. The number of ether oxygens (including phenoxy) is 1. The van der Waals surface area contributed by atoms with Gasteiger partial charge in [-0.05, 0) is 24.3 Å². The van der Waals surface area contributed by atoms with Crippen LogP contribution in [0.4, 0.5) is 0 Å². The normalized spacial score (nSPS) is 10.6. The van der Waals surface area contributed by atoms with Crippen molar-refractivity contribution < 1.29 is 9.53 Å². The van der Waals surface area contributed by atoms with Crippen molar-refractivity contribution in [2.45, 2.75) is 24.0 Å². The molecule has 1 N–H and O–H groups in total. The van der Waals surface area contributed by atoms with Crippen LogP contribution in [0.1, 0.15) is 24.2 Å². The van der Waals surface area contributed by atoms with Crippen LogP contribution in [0.25, 0.3) is 0 Å². The van der Waals surface area contributed by atoms with E-state index in [1.807, 2.05) is 24.3 Å². The van der Waals surface area contributed by atoms with Crippen LogP contribution in [0.5, 0.6) is 0 Å². The van der Waals surface area contributed by atoms with Gasteiger partial charge in [-0.2, -0.15) is 0 Å². The van der Waals surface area contributed by atoms with E-state index in [-0.39, 0.29) is 5.91 Å². The summed E-state index contributed by atoms with van der Waals surface area (Å²) in [6.45, 7) is 5.37. The Kier molecular flexibility index (Phi) is 6.08. The first-order valence-corrected chi connectivity index (χ1v) is 6.55. The summed E-state index contributed by atoms with van der Waals surface area (Å²) in [4.78, 5) is 12.9. The Morgan fingerprint density at radius 2 is 2.00 bits per heavy atom. The van der Waals surface area contributed by atoms with Crippen LogP contribution in [-0.4, -0.2) is 31.4 Å². The third kappa shape index (κ3) is 5.24. The van der Waals surface area contributed by atoms with Crippen molar-refractivity contribution in [2.75, 3.05) is 20.3 Å². The van der Waals surface area contributed by atoms with Gasteiger partial charge in [0.2, 0.25) is 0 Å². The number of benzene rings is 1. The van der Waals surface area contributed by atoms with Gasteiger partial charge in [-0.15, -0.1) is 11.8 Å². The number of methoxy groups -OCH3 is 1. The Labute approximate surface area is 107 Å². The number of hydrogen-bond acceptors (Lipinski definition) is 3. The van der Waals surface area contributed by atoms with Gasteiger partial charge in [0.15, 0.2) is 0 Å². The van der Waals surface area contributed by atoms with E-state index in [4.69, 9.17) is 4.74 Å². The molecular formula is C13H19NO2S. The molecule has 0 aliphatic rings. The fraction of sp³-hybridized carbons (Fsp3) is 0.462. The molecule has 4 heteroatoms. The summed E-state index contributed by atoms with van der Waals surface area (Å²) < 4.78 is 4.87. The monoisotopic (exact) mass is 253 g/mol. The minimum atomic E-state index is -0.0526. The third-order valence-corrected chi connectivity index (χ3v) is 3.10. The number of thioether (sulfide) groups is 1. The summed E-state index contributed by atoms with van der Waals surface area (Å²) in [5.41, 5.74) is 0.689. The Balaban J connectivity index is 2.52. The van der Waals surface area contributed by atoms with Crippen molar-refractivity contribution in [3.63, 3.8) is 0 Å². The van der Waals surface area contributed by atoms with E-state index in [1.54, 1.807) is 18.9 Å². The maximum Gasteiger partial charge on any atom is 0.251 e. The topological polar surface area (TPSA) is 38.3 Å². The average molecular weight is 253 g/mol. The van der Waals surface area contributed by atoms with Crippen LogP contribution in [0.3, 0.4) is 0 Å². The van der Waals surface area contributed by atoms with Gasteiger partial charge in [0.05, 0.1) is 6.61 Å². The summed E-state index contributed by atoms with van der Waals surface area (Å²) >= 11 is 1.79. The van der Waals surface area contributed by atoms with Gasteiger partial charge < -0.3 is 10.1 Å². The first kappa shape index (κ1) is 14.1. The van der Waals surface area contributed by atoms with E-state index >= 15 is 0 Å². The minimum absolute atomic E-state index is 0.0526. The first-order valence-electron chi connectivity index (χ1n) is 5.67. The number of carbonyl (C=O) groups is 1. The lowest BCUT2D eigenvalue weighted by molar-refractivity contribution is 0.0937. The number of nitrogens with one attached hydrogen (secondary N) is 1. The highest BCUT2D eigenvalue weighted by atomic mass is 32.2. The highest BCUT2D eigenvalue weighted by Gasteiger charge is 2.05. The summed E-state index contributed by atoms with van der Waals surface area (Å²) in [7, 11) is 1.62. The second kappa shape index (κ2) is 7.35. The van der Waals surface area contributed by atoms with Crippen LogP contribution in [0.2, 0.25) is 0 Å². The molecule has 0 atom stereocenters. The molecule has 1 rings (SSSR count). The molecule has 1 aromatic rings. The maximum atomic E-state index is 11.7. The zero-order valence-corrected chi connectivity index (χ0v) is 11.3. The molecule has 0 bridgehead atoms. The fourth-order valence-electron chi connectivity index (χ4n) is 1.33. The molecule has 94 valence electrons. The highest BCUT2D eigenvalue weighted by Crippen LogP contribution is 2.22. The molecular weight excluding hydrogens is 234 g/mol.